The van der Waals surface area contributed by atoms with E-state index in [1.165, 1.54) is 0 Å². The predicted molar refractivity (Wildman–Crippen MR) is 107 cm³/mol. The second kappa shape index (κ2) is 8.07. The number of hydrogen-bond acceptors (Lipinski definition) is 3. The molecular weight excluding hydrogens is 326 g/mol. The smallest absolute Gasteiger partial charge is 0.323 e. The molecule has 0 fully saturated rings. The van der Waals surface area contributed by atoms with Crippen LogP contribution in [0.25, 0.3) is 0 Å². The summed E-state index contributed by atoms with van der Waals surface area (Å²) in [5, 5.41) is 8.93. The maximum atomic E-state index is 12.0. The number of para-hydroxylation sites is 1. The quantitative estimate of drug-likeness (QED) is 0.580. The van der Waals surface area contributed by atoms with E-state index in [9.17, 15) is 4.79 Å². The lowest BCUT2D eigenvalue weighted by molar-refractivity contribution is 0.262. The van der Waals surface area contributed by atoms with Gasteiger partial charge in [-0.25, -0.2) is 4.79 Å². The van der Waals surface area contributed by atoms with Crippen LogP contribution < -0.4 is 20.7 Å². The van der Waals surface area contributed by atoms with Gasteiger partial charge in [0.05, 0.1) is 12.8 Å². The van der Waals surface area contributed by atoms with Crippen molar-refractivity contribution >= 4 is 28.8 Å². The first kappa shape index (κ1) is 17.4. The number of methoxy groups -OCH3 is 1. The largest absolute Gasteiger partial charge is 0.495 e. The lowest BCUT2D eigenvalue weighted by atomic mass is 10.2. The Balaban J connectivity index is 1.63. The third-order valence-corrected chi connectivity index (χ3v) is 3.81. The number of anilines is 4. The summed E-state index contributed by atoms with van der Waals surface area (Å²) in [6.45, 7) is 2.03. The Labute approximate surface area is 153 Å². The summed E-state index contributed by atoms with van der Waals surface area (Å²) in [5.74, 6) is 0.778. The third-order valence-electron chi connectivity index (χ3n) is 3.81. The summed E-state index contributed by atoms with van der Waals surface area (Å²) in [7, 11) is 1.65. The van der Waals surface area contributed by atoms with Gasteiger partial charge >= 0.3 is 6.03 Å². The Morgan fingerprint density at radius 2 is 1.42 bits per heavy atom. The molecule has 0 unspecified atom stereocenters. The molecule has 0 bridgehead atoms. The summed E-state index contributed by atoms with van der Waals surface area (Å²) < 4.78 is 5.38. The molecule has 5 heteroatoms. The minimum absolute atomic E-state index is 0.280. The van der Waals surface area contributed by atoms with Crippen molar-refractivity contribution in [2.24, 2.45) is 0 Å². The number of urea groups is 1. The van der Waals surface area contributed by atoms with E-state index in [0.29, 0.717) is 5.69 Å². The van der Waals surface area contributed by atoms with Gasteiger partial charge in [-0.2, -0.15) is 0 Å². The first-order valence-corrected chi connectivity index (χ1v) is 8.29. The van der Waals surface area contributed by atoms with E-state index < -0.39 is 0 Å². The van der Waals surface area contributed by atoms with Crippen LogP contribution >= 0.6 is 0 Å². The van der Waals surface area contributed by atoms with E-state index in [1.807, 2.05) is 79.7 Å². The number of nitrogens with one attached hydrogen (secondary N) is 3. The molecule has 0 atom stereocenters. The number of carbonyl (C=O) groups is 1. The number of aryl methyl sites for hydroxylation is 1. The van der Waals surface area contributed by atoms with E-state index in [-0.39, 0.29) is 6.03 Å². The third kappa shape index (κ3) is 4.54. The molecule has 0 aliphatic heterocycles. The van der Waals surface area contributed by atoms with Crippen molar-refractivity contribution in [3.05, 3.63) is 78.4 Å². The van der Waals surface area contributed by atoms with Crippen LogP contribution in [0.4, 0.5) is 27.5 Å². The predicted octanol–water partition coefficient (Wildman–Crippen LogP) is 5.39. The van der Waals surface area contributed by atoms with Crippen molar-refractivity contribution in [2.45, 2.75) is 6.92 Å². The highest BCUT2D eigenvalue weighted by atomic mass is 16.5. The Bertz CT molecular complexity index is 878. The van der Waals surface area contributed by atoms with Gasteiger partial charge in [-0.15, -0.1) is 0 Å². The van der Waals surface area contributed by atoms with Crippen LogP contribution in [0, 0.1) is 6.92 Å². The summed E-state index contributed by atoms with van der Waals surface area (Å²) in [6, 6.07) is 22.5. The van der Waals surface area contributed by atoms with Gasteiger partial charge < -0.3 is 20.7 Å². The van der Waals surface area contributed by atoms with Crippen molar-refractivity contribution in [3.8, 4) is 5.75 Å². The van der Waals surface area contributed by atoms with E-state index in [2.05, 4.69) is 16.0 Å². The maximum Gasteiger partial charge on any atom is 0.323 e. The lowest BCUT2D eigenvalue weighted by Crippen LogP contribution is -2.19. The maximum absolute atomic E-state index is 12.0. The van der Waals surface area contributed by atoms with Gasteiger partial charge in [0.25, 0.3) is 0 Å². The fourth-order valence-electron chi connectivity index (χ4n) is 2.53. The van der Waals surface area contributed by atoms with Crippen molar-refractivity contribution in [1.82, 2.24) is 0 Å². The van der Waals surface area contributed by atoms with E-state index in [4.69, 9.17) is 4.74 Å². The number of carbonyl (C=O) groups excluding carboxylic acids is 1. The van der Waals surface area contributed by atoms with Crippen LogP contribution in [0.3, 0.4) is 0 Å². The molecule has 0 saturated carbocycles. The normalized spacial score (nSPS) is 10.1. The first-order chi connectivity index (χ1) is 12.6. The van der Waals surface area contributed by atoms with Crippen LogP contribution in [0.1, 0.15) is 5.56 Å². The lowest BCUT2D eigenvalue weighted by Gasteiger charge is -2.13. The number of amides is 2. The van der Waals surface area contributed by atoms with Crippen molar-refractivity contribution < 1.29 is 9.53 Å². The molecule has 0 spiro atoms. The van der Waals surface area contributed by atoms with Crippen LogP contribution in [0.2, 0.25) is 0 Å². The standard InChI is InChI=1S/C21H21N3O2/c1-15-8-13-20(26-2)19(14-15)22-17-9-11-18(12-10-17)24-21(25)23-16-6-4-3-5-7-16/h3-14,22H,1-2H3,(H2,23,24,25). The number of rotatable bonds is 5. The highest BCUT2D eigenvalue weighted by molar-refractivity contribution is 5.99. The molecule has 0 saturated heterocycles. The Morgan fingerprint density at radius 3 is 2.08 bits per heavy atom. The monoisotopic (exact) mass is 347 g/mol. The SMILES string of the molecule is COc1ccc(C)cc1Nc1ccc(NC(=O)Nc2ccccc2)cc1. The summed E-state index contributed by atoms with van der Waals surface area (Å²) in [5.41, 5.74) is 4.40. The Morgan fingerprint density at radius 1 is 0.808 bits per heavy atom. The second-order valence-corrected chi connectivity index (χ2v) is 5.85. The fourth-order valence-corrected chi connectivity index (χ4v) is 2.53. The minimum atomic E-state index is -0.280. The Hall–Kier alpha value is -3.47. The van der Waals surface area contributed by atoms with Gasteiger partial charge in [0.15, 0.2) is 0 Å². The molecule has 0 aliphatic carbocycles. The topological polar surface area (TPSA) is 62.4 Å². The van der Waals surface area contributed by atoms with Gasteiger partial charge in [0.1, 0.15) is 5.75 Å². The molecule has 0 aromatic heterocycles. The molecule has 0 aliphatic rings. The minimum Gasteiger partial charge on any atom is -0.495 e. The van der Waals surface area contributed by atoms with E-state index in [1.54, 1.807) is 7.11 Å². The van der Waals surface area contributed by atoms with Crippen LogP contribution in [0.5, 0.6) is 5.75 Å². The Kier molecular flexibility index (Phi) is 5.39. The molecule has 5 nitrogen and oxygen atoms in total. The molecule has 132 valence electrons. The zero-order chi connectivity index (χ0) is 18.4. The second-order valence-electron chi connectivity index (χ2n) is 5.85. The highest BCUT2D eigenvalue weighted by Crippen LogP contribution is 2.29. The molecule has 0 radical (unpaired) electrons. The van der Waals surface area contributed by atoms with Crippen LogP contribution in [-0.4, -0.2) is 13.1 Å². The van der Waals surface area contributed by atoms with Gasteiger partial charge in [-0.1, -0.05) is 24.3 Å². The molecule has 0 heterocycles. The molecule has 3 N–H and O–H groups in total. The van der Waals surface area contributed by atoms with Gasteiger partial charge in [-0.3, -0.25) is 0 Å². The van der Waals surface area contributed by atoms with Crippen LogP contribution in [0.15, 0.2) is 72.8 Å². The van der Waals surface area contributed by atoms with E-state index in [0.717, 1.165) is 28.4 Å². The zero-order valence-electron chi connectivity index (χ0n) is 14.7. The zero-order valence-corrected chi connectivity index (χ0v) is 14.7. The molecule has 2 amide bonds. The number of hydrogen-bond donors (Lipinski definition) is 3. The van der Waals surface area contributed by atoms with Crippen LogP contribution in [-0.2, 0) is 0 Å². The molecular formula is C21H21N3O2. The molecule has 3 aromatic rings. The molecule has 26 heavy (non-hydrogen) atoms. The summed E-state index contributed by atoms with van der Waals surface area (Å²) in [6.07, 6.45) is 0. The first-order valence-electron chi connectivity index (χ1n) is 8.29. The summed E-state index contributed by atoms with van der Waals surface area (Å²) in [4.78, 5) is 12.0. The summed E-state index contributed by atoms with van der Waals surface area (Å²) >= 11 is 0. The van der Waals surface area contributed by atoms with Crippen molar-refractivity contribution in [3.63, 3.8) is 0 Å². The van der Waals surface area contributed by atoms with Gasteiger partial charge in [0, 0.05) is 17.1 Å². The number of benzene rings is 3. The number of ether oxygens (including phenoxy) is 1. The molecule has 3 aromatic carbocycles. The average molecular weight is 347 g/mol. The van der Waals surface area contributed by atoms with Crippen molar-refractivity contribution in [2.75, 3.05) is 23.1 Å². The van der Waals surface area contributed by atoms with Crippen molar-refractivity contribution in [1.29, 1.82) is 0 Å². The van der Waals surface area contributed by atoms with E-state index >= 15 is 0 Å². The molecule has 3 rings (SSSR count). The van der Waals surface area contributed by atoms with Gasteiger partial charge in [-0.05, 0) is 61.0 Å². The highest BCUT2D eigenvalue weighted by Gasteiger charge is 2.05. The fraction of sp³-hybridized carbons (Fsp3) is 0.0952. The van der Waals surface area contributed by atoms with Gasteiger partial charge in [0.2, 0.25) is 0 Å². The average Bonchev–Trinajstić information content (AvgIpc) is 2.64.